The Hall–Kier alpha value is -1.75. The molecule has 0 aliphatic heterocycles. The van der Waals surface area contributed by atoms with E-state index in [1.54, 1.807) is 6.07 Å². The van der Waals surface area contributed by atoms with E-state index >= 15 is 0 Å². The fourth-order valence-electron chi connectivity index (χ4n) is 0.922. The lowest BCUT2D eigenvalue weighted by Crippen LogP contribution is -1.83. The van der Waals surface area contributed by atoms with Crippen molar-refractivity contribution in [3.63, 3.8) is 0 Å². The van der Waals surface area contributed by atoms with Gasteiger partial charge in [0.1, 0.15) is 10.9 Å². The number of aromatic amines is 1. The van der Waals surface area contributed by atoms with Crippen LogP contribution in [0.15, 0.2) is 24.5 Å². The van der Waals surface area contributed by atoms with Crippen molar-refractivity contribution in [2.45, 2.75) is 0 Å². The lowest BCUT2D eigenvalue weighted by molar-refractivity contribution is 0.401. The molecule has 2 aromatic heterocycles. The number of H-pyrrole nitrogens is 1. The van der Waals surface area contributed by atoms with Gasteiger partial charge in [-0.3, -0.25) is 5.10 Å². The second kappa shape index (κ2) is 3.55. The summed E-state index contributed by atoms with van der Waals surface area (Å²) in [4.78, 5) is 3.79. The second-order valence-electron chi connectivity index (χ2n) is 2.49. The van der Waals surface area contributed by atoms with Crippen molar-refractivity contribution >= 4 is 11.6 Å². The number of ether oxygens (including phenoxy) is 1. The molecule has 2 heterocycles. The molecular weight excluding hydrogens is 206 g/mol. The Morgan fingerprint density at radius 3 is 3.00 bits per heavy atom. The van der Waals surface area contributed by atoms with E-state index in [0.717, 1.165) is 0 Å². The predicted octanol–water partition coefficient (Wildman–Crippen LogP) is 1.96. The van der Waals surface area contributed by atoms with Crippen LogP contribution in [0.1, 0.15) is 0 Å². The smallest absolute Gasteiger partial charge is 0.273 e. The van der Waals surface area contributed by atoms with Gasteiger partial charge >= 0.3 is 0 Å². The molecule has 0 saturated carbocycles. The molecule has 0 saturated heterocycles. The first-order valence-corrected chi connectivity index (χ1v) is 4.15. The Balaban J connectivity index is 2.23. The Kier molecular flexibility index (Phi) is 2.24. The fraction of sp³-hybridized carbons (Fsp3) is 0. The summed E-state index contributed by atoms with van der Waals surface area (Å²) < 4.78 is 5.26. The Morgan fingerprint density at radius 1 is 1.50 bits per heavy atom. The van der Waals surface area contributed by atoms with Crippen LogP contribution in [0.5, 0.6) is 17.4 Å². The van der Waals surface area contributed by atoms with E-state index in [1.165, 1.54) is 18.5 Å². The Morgan fingerprint density at radius 2 is 2.36 bits per heavy atom. The molecule has 0 amide bonds. The third-order valence-electron chi connectivity index (χ3n) is 1.51. The van der Waals surface area contributed by atoms with E-state index in [4.69, 9.17) is 21.4 Å². The lowest BCUT2D eigenvalue weighted by atomic mass is 10.4. The molecule has 0 spiro atoms. The van der Waals surface area contributed by atoms with Crippen LogP contribution in [0.25, 0.3) is 0 Å². The molecule has 0 unspecified atom stereocenters. The lowest BCUT2D eigenvalue weighted by Gasteiger charge is -2.01. The van der Waals surface area contributed by atoms with Gasteiger partial charge < -0.3 is 9.84 Å². The highest BCUT2D eigenvalue weighted by atomic mass is 35.5. The van der Waals surface area contributed by atoms with E-state index in [9.17, 15) is 0 Å². The van der Waals surface area contributed by atoms with Gasteiger partial charge in [-0.1, -0.05) is 11.6 Å². The maximum Gasteiger partial charge on any atom is 0.273 e. The van der Waals surface area contributed by atoms with Gasteiger partial charge in [-0.15, -0.1) is 5.10 Å². The molecule has 0 atom stereocenters. The number of rotatable bonds is 2. The van der Waals surface area contributed by atoms with Crippen LogP contribution in [-0.4, -0.2) is 20.3 Å². The van der Waals surface area contributed by atoms with E-state index in [-0.39, 0.29) is 11.6 Å². The average molecular weight is 212 g/mol. The number of nitrogens with zero attached hydrogens (tertiary/aromatic N) is 2. The number of pyridine rings is 1. The van der Waals surface area contributed by atoms with Crippen molar-refractivity contribution in [2.75, 3.05) is 0 Å². The molecule has 2 aromatic rings. The molecule has 14 heavy (non-hydrogen) atoms. The fourth-order valence-corrected chi connectivity index (χ4v) is 1.09. The van der Waals surface area contributed by atoms with Crippen molar-refractivity contribution in [2.24, 2.45) is 0 Å². The van der Waals surface area contributed by atoms with Gasteiger partial charge in [0.15, 0.2) is 0 Å². The molecule has 0 bridgehead atoms. The number of halogens is 1. The molecule has 2 rings (SSSR count). The topological polar surface area (TPSA) is 71.0 Å². The Labute approximate surface area is 84.3 Å². The summed E-state index contributed by atoms with van der Waals surface area (Å²) in [6.07, 6.45) is 2.94. The second-order valence-corrected chi connectivity index (χ2v) is 2.88. The van der Waals surface area contributed by atoms with Crippen molar-refractivity contribution in [3.05, 3.63) is 29.7 Å². The van der Waals surface area contributed by atoms with Crippen LogP contribution in [-0.2, 0) is 0 Å². The molecular formula is C8H6ClN3O2. The summed E-state index contributed by atoms with van der Waals surface area (Å²) in [6, 6.07) is 3.16. The van der Waals surface area contributed by atoms with Crippen molar-refractivity contribution in [1.82, 2.24) is 15.2 Å². The van der Waals surface area contributed by atoms with Crippen molar-refractivity contribution in [3.8, 4) is 17.4 Å². The van der Waals surface area contributed by atoms with Gasteiger partial charge in [0.05, 0.1) is 6.20 Å². The quantitative estimate of drug-likeness (QED) is 0.745. The zero-order chi connectivity index (χ0) is 9.97. The van der Waals surface area contributed by atoms with E-state index in [0.29, 0.717) is 10.9 Å². The first kappa shape index (κ1) is 8.83. The van der Waals surface area contributed by atoms with Crippen LogP contribution in [0.2, 0.25) is 5.15 Å². The van der Waals surface area contributed by atoms with Crippen LogP contribution in [0.4, 0.5) is 0 Å². The minimum atomic E-state index is -0.196. The van der Waals surface area contributed by atoms with E-state index in [1.807, 2.05) is 0 Å². The average Bonchev–Trinajstić information content (AvgIpc) is 2.52. The maximum atomic E-state index is 9.17. The van der Waals surface area contributed by atoms with E-state index in [2.05, 4.69) is 15.2 Å². The van der Waals surface area contributed by atoms with Crippen LogP contribution in [0.3, 0.4) is 0 Å². The molecule has 72 valence electrons. The minimum Gasteiger partial charge on any atom is -0.490 e. The standard InChI is InChI=1S/C8H6ClN3O2/c9-7-3-5(1-2-10-7)14-6-4-11-12-8(6)13/h1-4H,(H2,11,12,13). The van der Waals surface area contributed by atoms with Crippen LogP contribution >= 0.6 is 11.6 Å². The van der Waals surface area contributed by atoms with Gasteiger partial charge in [0.25, 0.3) is 5.88 Å². The summed E-state index contributed by atoms with van der Waals surface area (Å²) in [5, 5.41) is 15.4. The summed E-state index contributed by atoms with van der Waals surface area (Å²) in [5.74, 6) is 0.534. The molecule has 5 nitrogen and oxygen atoms in total. The normalized spacial score (nSPS) is 10.1. The van der Waals surface area contributed by atoms with E-state index < -0.39 is 0 Å². The highest BCUT2D eigenvalue weighted by Gasteiger charge is 2.05. The molecule has 2 N–H and O–H groups in total. The Bertz CT molecular complexity index is 444. The summed E-state index contributed by atoms with van der Waals surface area (Å²) in [5.41, 5.74) is 0. The molecule has 6 heteroatoms. The zero-order valence-corrected chi connectivity index (χ0v) is 7.69. The van der Waals surface area contributed by atoms with Crippen LogP contribution in [0, 0.1) is 0 Å². The summed E-state index contributed by atoms with van der Waals surface area (Å²) >= 11 is 5.65. The monoisotopic (exact) mass is 211 g/mol. The largest absolute Gasteiger partial charge is 0.490 e. The highest BCUT2D eigenvalue weighted by molar-refractivity contribution is 6.29. The number of hydrogen-bond acceptors (Lipinski definition) is 4. The first-order chi connectivity index (χ1) is 6.75. The van der Waals surface area contributed by atoms with Gasteiger partial charge in [-0.05, 0) is 6.07 Å². The number of nitrogens with one attached hydrogen (secondary N) is 1. The summed E-state index contributed by atoms with van der Waals surface area (Å²) in [6.45, 7) is 0. The summed E-state index contributed by atoms with van der Waals surface area (Å²) in [7, 11) is 0. The van der Waals surface area contributed by atoms with Gasteiger partial charge in [0.2, 0.25) is 5.75 Å². The van der Waals surface area contributed by atoms with Gasteiger partial charge in [0, 0.05) is 12.3 Å². The maximum absolute atomic E-state index is 9.17. The van der Waals surface area contributed by atoms with Gasteiger partial charge in [-0.2, -0.15) is 0 Å². The SMILES string of the molecule is Oc1n[nH]cc1Oc1ccnc(Cl)c1. The van der Waals surface area contributed by atoms with Crippen molar-refractivity contribution < 1.29 is 9.84 Å². The van der Waals surface area contributed by atoms with Gasteiger partial charge in [-0.25, -0.2) is 4.98 Å². The minimum absolute atomic E-state index is 0.196. The number of aromatic nitrogens is 3. The number of aromatic hydroxyl groups is 1. The molecule has 0 fully saturated rings. The number of hydrogen-bond donors (Lipinski definition) is 2. The third-order valence-corrected chi connectivity index (χ3v) is 1.72. The molecule has 0 radical (unpaired) electrons. The molecule has 0 aliphatic rings. The molecule has 0 aliphatic carbocycles. The highest BCUT2D eigenvalue weighted by Crippen LogP contribution is 2.28. The predicted molar refractivity (Wildman–Crippen MR) is 49.6 cm³/mol. The molecule has 0 aromatic carbocycles. The third kappa shape index (κ3) is 1.77. The zero-order valence-electron chi connectivity index (χ0n) is 6.94. The first-order valence-electron chi connectivity index (χ1n) is 3.78. The van der Waals surface area contributed by atoms with Crippen LogP contribution < -0.4 is 4.74 Å². The van der Waals surface area contributed by atoms with Crippen molar-refractivity contribution in [1.29, 1.82) is 0 Å².